The number of benzene rings is 1. The van der Waals surface area contributed by atoms with Gasteiger partial charge in [-0.05, 0) is 36.6 Å². The number of carbonyl (C=O) groups excluding carboxylic acids is 1. The SMILES string of the molecule is Cn1c(=O)n(C(=O)N2CCCC2)c2cnc(Cc3cc(F)ccc3F)nc21. The summed E-state index contributed by atoms with van der Waals surface area (Å²) in [6.07, 6.45) is 3.17. The molecular formula is C18H17F2N5O2. The number of aromatic nitrogens is 4. The highest BCUT2D eigenvalue weighted by molar-refractivity contribution is 5.87. The van der Waals surface area contributed by atoms with Gasteiger partial charge in [-0.15, -0.1) is 0 Å². The number of aryl methyl sites for hydroxylation is 1. The highest BCUT2D eigenvalue weighted by Crippen LogP contribution is 2.17. The first kappa shape index (κ1) is 17.3. The van der Waals surface area contributed by atoms with Gasteiger partial charge in [0.2, 0.25) is 0 Å². The minimum Gasteiger partial charge on any atom is -0.324 e. The number of nitrogens with zero attached hydrogens (tertiary/aromatic N) is 5. The molecule has 3 heterocycles. The van der Waals surface area contributed by atoms with Crippen LogP contribution in [0.25, 0.3) is 11.2 Å². The lowest BCUT2D eigenvalue weighted by atomic mass is 10.1. The molecule has 1 fully saturated rings. The number of hydrogen-bond donors (Lipinski definition) is 0. The van der Waals surface area contributed by atoms with E-state index in [1.807, 2.05) is 0 Å². The van der Waals surface area contributed by atoms with Crippen LogP contribution in [-0.2, 0) is 13.5 Å². The molecule has 140 valence electrons. The van der Waals surface area contributed by atoms with Crippen LogP contribution in [0.4, 0.5) is 13.6 Å². The molecule has 0 N–H and O–H groups in total. The average molecular weight is 373 g/mol. The molecule has 2 aromatic heterocycles. The summed E-state index contributed by atoms with van der Waals surface area (Å²) < 4.78 is 29.5. The van der Waals surface area contributed by atoms with Crippen molar-refractivity contribution in [3.05, 3.63) is 57.9 Å². The Bertz CT molecular complexity index is 1100. The summed E-state index contributed by atoms with van der Waals surface area (Å²) in [6, 6.07) is 2.78. The van der Waals surface area contributed by atoms with Gasteiger partial charge in [0.05, 0.1) is 6.20 Å². The van der Waals surface area contributed by atoms with Crippen LogP contribution in [0.15, 0.2) is 29.2 Å². The van der Waals surface area contributed by atoms with E-state index in [2.05, 4.69) is 9.97 Å². The maximum atomic E-state index is 13.9. The highest BCUT2D eigenvalue weighted by atomic mass is 19.1. The lowest BCUT2D eigenvalue weighted by Gasteiger charge is -2.14. The van der Waals surface area contributed by atoms with Crippen LogP contribution < -0.4 is 5.69 Å². The Labute approximate surface area is 152 Å². The largest absolute Gasteiger partial charge is 0.338 e. The second-order valence-electron chi connectivity index (χ2n) is 6.56. The van der Waals surface area contributed by atoms with E-state index in [0.717, 1.165) is 35.6 Å². The highest BCUT2D eigenvalue weighted by Gasteiger charge is 2.25. The van der Waals surface area contributed by atoms with Crippen LogP contribution in [-0.4, -0.2) is 43.1 Å². The Balaban J connectivity index is 1.75. The van der Waals surface area contributed by atoms with Gasteiger partial charge in [0.1, 0.15) is 23.0 Å². The van der Waals surface area contributed by atoms with Crippen LogP contribution in [0.5, 0.6) is 0 Å². The maximum absolute atomic E-state index is 13.9. The van der Waals surface area contributed by atoms with E-state index in [0.29, 0.717) is 18.6 Å². The first-order valence-electron chi connectivity index (χ1n) is 8.62. The quantitative estimate of drug-likeness (QED) is 0.689. The van der Waals surface area contributed by atoms with Gasteiger partial charge >= 0.3 is 11.7 Å². The fraction of sp³-hybridized carbons (Fsp3) is 0.333. The second-order valence-corrected chi connectivity index (χ2v) is 6.56. The van der Waals surface area contributed by atoms with Crippen molar-refractivity contribution in [2.45, 2.75) is 19.3 Å². The van der Waals surface area contributed by atoms with Gasteiger partial charge in [0.15, 0.2) is 5.65 Å². The molecule has 0 bridgehead atoms. The third-order valence-corrected chi connectivity index (χ3v) is 4.76. The van der Waals surface area contributed by atoms with E-state index in [1.165, 1.54) is 17.8 Å². The average Bonchev–Trinajstić information content (AvgIpc) is 3.26. The zero-order valence-electron chi connectivity index (χ0n) is 14.7. The van der Waals surface area contributed by atoms with Gasteiger partial charge in [0.25, 0.3) is 0 Å². The lowest BCUT2D eigenvalue weighted by molar-refractivity contribution is 0.210. The summed E-state index contributed by atoms with van der Waals surface area (Å²) >= 11 is 0. The van der Waals surface area contributed by atoms with E-state index in [1.54, 1.807) is 4.90 Å². The Morgan fingerprint density at radius 3 is 2.70 bits per heavy atom. The van der Waals surface area contributed by atoms with Crippen molar-refractivity contribution in [2.75, 3.05) is 13.1 Å². The smallest absolute Gasteiger partial charge is 0.324 e. The fourth-order valence-electron chi connectivity index (χ4n) is 3.32. The van der Waals surface area contributed by atoms with Crippen molar-refractivity contribution >= 4 is 17.2 Å². The van der Waals surface area contributed by atoms with Crippen LogP contribution >= 0.6 is 0 Å². The molecular weight excluding hydrogens is 356 g/mol. The predicted octanol–water partition coefficient (Wildman–Crippen LogP) is 2.06. The number of likely N-dealkylation sites (tertiary alicyclic amines) is 1. The Morgan fingerprint density at radius 1 is 1.22 bits per heavy atom. The zero-order chi connectivity index (χ0) is 19.1. The van der Waals surface area contributed by atoms with Gasteiger partial charge in [-0.25, -0.2) is 32.9 Å². The minimum absolute atomic E-state index is 0.0288. The van der Waals surface area contributed by atoms with Gasteiger partial charge in [-0.2, -0.15) is 0 Å². The predicted molar refractivity (Wildman–Crippen MR) is 93.5 cm³/mol. The van der Waals surface area contributed by atoms with Crippen LogP contribution in [0, 0.1) is 11.6 Å². The molecule has 9 heteroatoms. The molecule has 7 nitrogen and oxygen atoms in total. The van der Waals surface area contributed by atoms with Crippen molar-refractivity contribution in [3.63, 3.8) is 0 Å². The number of amides is 1. The first-order valence-corrected chi connectivity index (χ1v) is 8.62. The number of halogens is 2. The number of rotatable bonds is 2. The Hall–Kier alpha value is -3.10. The molecule has 0 aliphatic carbocycles. The Kier molecular flexibility index (Phi) is 4.21. The summed E-state index contributed by atoms with van der Waals surface area (Å²) in [4.78, 5) is 35.3. The van der Waals surface area contributed by atoms with Crippen molar-refractivity contribution in [1.29, 1.82) is 0 Å². The van der Waals surface area contributed by atoms with Crippen LogP contribution in [0.3, 0.4) is 0 Å². The molecule has 1 saturated heterocycles. The molecule has 1 aliphatic heterocycles. The summed E-state index contributed by atoms with van der Waals surface area (Å²) in [5.74, 6) is -0.883. The molecule has 0 unspecified atom stereocenters. The van der Waals surface area contributed by atoms with Crippen molar-refractivity contribution < 1.29 is 13.6 Å². The number of carbonyl (C=O) groups is 1. The van der Waals surface area contributed by atoms with E-state index >= 15 is 0 Å². The lowest BCUT2D eigenvalue weighted by Crippen LogP contribution is -2.38. The summed E-state index contributed by atoms with van der Waals surface area (Å²) in [5, 5.41) is 0. The van der Waals surface area contributed by atoms with Gasteiger partial charge in [0, 0.05) is 26.6 Å². The number of hydrogen-bond acceptors (Lipinski definition) is 4. The zero-order valence-corrected chi connectivity index (χ0v) is 14.7. The molecule has 0 saturated carbocycles. The van der Waals surface area contributed by atoms with Crippen LogP contribution in [0.2, 0.25) is 0 Å². The monoisotopic (exact) mass is 373 g/mol. The van der Waals surface area contributed by atoms with Crippen LogP contribution in [0.1, 0.15) is 24.2 Å². The van der Waals surface area contributed by atoms with Crippen molar-refractivity contribution in [3.8, 4) is 0 Å². The molecule has 1 aromatic carbocycles. The second kappa shape index (κ2) is 6.57. The molecule has 0 spiro atoms. The molecule has 27 heavy (non-hydrogen) atoms. The van der Waals surface area contributed by atoms with E-state index in [9.17, 15) is 18.4 Å². The molecule has 1 aliphatic rings. The summed E-state index contributed by atoms with van der Waals surface area (Å²) in [5.41, 5.74) is 0.175. The standard InChI is InChI=1S/C18H17F2N5O2/c1-23-16-14(25(17(23)26)18(27)24-6-2-3-7-24)10-21-15(22-16)9-11-8-12(19)4-5-13(11)20/h4-5,8,10H,2-3,6-7,9H2,1H3. The summed E-state index contributed by atoms with van der Waals surface area (Å²) in [7, 11) is 1.51. The Morgan fingerprint density at radius 2 is 1.96 bits per heavy atom. The molecule has 1 amide bonds. The van der Waals surface area contributed by atoms with Gasteiger partial charge in [-0.1, -0.05) is 0 Å². The van der Waals surface area contributed by atoms with Crippen molar-refractivity contribution in [1.82, 2.24) is 24.0 Å². The third kappa shape index (κ3) is 2.98. The topological polar surface area (TPSA) is 73.0 Å². The van der Waals surface area contributed by atoms with E-state index in [-0.39, 0.29) is 23.5 Å². The normalized spacial score (nSPS) is 14.3. The molecule has 3 aromatic rings. The minimum atomic E-state index is -0.559. The molecule has 0 atom stereocenters. The van der Waals surface area contributed by atoms with Gasteiger partial charge < -0.3 is 4.90 Å². The fourth-order valence-corrected chi connectivity index (χ4v) is 3.32. The van der Waals surface area contributed by atoms with Gasteiger partial charge in [-0.3, -0.25) is 4.57 Å². The summed E-state index contributed by atoms with van der Waals surface area (Å²) in [6.45, 7) is 1.22. The number of imidazole rings is 1. The first-order chi connectivity index (χ1) is 13.0. The third-order valence-electron chi connectivity index (χ3n) is 4.76. The number of fused-ring (bicyclic) bond motifs is 1. The molecule has 4 rings (SSSR count). The van der Waals surface area contributed by atoms with E-state index in [4.69, 9.17) is 0 Å². The van der Waals surface area contributed by atoms with E-state index < -0.39 is 23.4 Å². The maximum Gasteiger partial charge on any atom is 0.338 e. The van der Waals surface area contributed by atoms with Crippen molar-refractivity contribution in [2.24, 2.45) is 7.05 Å². The molecule has 0 radical (unpaired) electrons.